The van der Waals surface area contributed by atoms with Crippen molar-refractivity contribution in [2.45, 2.75) is 0 Å². The molecule has 2 aromatic carbocycles. The maximum Gasteiger partial charge on any atom is 0.296 e. The van der Waals surface area contributed by atoms with Crippen LogP contribution in [0.5, 0.6) is 0 Å². The van der Waals surface area contributed by atoms with E-state index in [1.165, 1.54) is 24.4 Å². The van der Waals surface area contributed by atoms with Crippen LogP contribution in [0.25, 0.3) is 10.9 Å². The van der Waals surface area contributed by atoms with Gasteiger partial charge in [0.1, 0.15) is 5.02 Å². The van der Waals surface area contributed by atoms with Gasteiger partial charge in [0.2, 0.25) is 0 Å². The average Bonchev–Trinajstić information content (AvgIpc) is 2.99. The molecule has 1 aromatic heterocycles. The Balaban J connectivity index is 1.86. The molecule has 0 saturated heterocycles. The second kappa shape index (κ2) is 6.02. The van der Waals surface area contributed by atoms with E-state index in [4.69, 9.17) is 11.6 Å². The van der Waals surface area contributed by atoms with Crippen LogP contribution in [0.3, 0.4) is 0 Å². The predicted molar refractivity (Wildman–Crippen MR) is 86.7 cm³/mol. The van der Waals surface area contributed by atoms with Crippen LogP contribution in [-0.4, -0.2) is 16.7 Å². The van der Waals surface area contributed by atoms with Crippen molar-refractivity contribution >= 4 is 45.6 Å². The average molecular weight is 329 g/mol. The number of benzene rings is 2. The molecule has 114 valence electrons. The fourth-order valence-electron chi connectivity index (χ4n) is 2.25. The summed E-state index contributed by atoms with van der Waals surface area (Å²) in [4.78, 5) is 38.1. The minimum Gasteiger partial charge on any atom is -0.360 e. The lowest BCUT2D eigenvalue weighted by molar-refractivity contribution is -0.379. The Morgan fingerprint density at radius 1 is 1.13 bits per heavy atom. The molecular formula is C16H11ClN3O3+. The zero-order valence-corrected chi connectivity index (χ0v) is 12.5. The first-order chi connectivity index (χ1) is 11.1. The molecule has 0 saturated carbocycles. The highest BCUT2D eigenvalue weighted by atomic mass is 35.5. The first kappa shape index (κ1) is 14.9. The Kier molecular flexibility index (Phi) is 3.91. The van der Waals surface area contributed by atoms with Gasteiger partial charge >= 0.3 is 0 Å². The maximum absolute atomic E-state index is 12.3. The van der Waals surface area contributed by atoms with E-state index in [1.54, 1.807) is 17.3 Å². The molecule has 0 radical (unpaired) electrons. The monoisotopic (exact) mass is 328 g/mol. The third-order valence-electron chi connectivity index (χ3n) is 3.37. The van der Waals surface area contributed by atoms with Gasteiger partial charge in [-0.05, 0) is 18.2 Å². The van der Waals surface area contributed by atoms with Crippen molar-refractivity contribution in [2.75, 3.05) is 5.32 Å². The molecule has 0 unspecified atom stereocenters. The molecule has 1 amide bonds. The van der Waals surface area contributed by atoms with Crippen LogP contribution in [0.15, 0.2) is 48.7 Å². The third-order valence-corrected chi connectivity index (χ3v) is 3.70. The third kappa shape index (κ3) is 2.84. The zero-order chi connectivity index (χ0) is 16.4. The number of carbonyl (C=O) groups excluding carboxylic acids is 2. The lowest BCUT2D eigenvalue weighted by Gasteiger charge is -2.03. The van der Waals surface area contributed by atoms with Crippen molar-refractivity contribution in [3.63, 3.8) is 0 Å². The second-order valence-electron chi connectivity index (χ2n) is 4.83. The Hall–Kier alpha value is -2.99. The Bertz CT molecular complexity index is 933. The van der Waals surface area contributed by atoms with Gasteiger partial charge in [-0.25, -0.2) is 0 Å². The topological polar surface area (TPSA) is 93.0 Å². The normalized spacial score (nSPS) is 10.5. The van der Waals surface area contributed by atoms with Gasteiger partial charge in [0.05, 0.1) is 5.56 Å². The maximum atomic E-state index is 12.3. The van der Waals surface area contributed by atoms with E-state index in [0.717, 1.165) is 5.52 Å². The van der Waals surface area contributed by atoms with Gasteiger partial charge < -0.3 is 10.3 Å². The Morgan fingerprint density at radius 3 is 2.70 bits per heavy atom. The van der Waals surface area contributed by atoms with Crippen LogP contribution in [0.4, 0.5) is 11.4 Å². The fraction of sp³-hybridized carbons (Fsp3) is 0. The molecule has 0 fully saturated rings. The summed E-state index contributed by atoms with van der Waals surface area (Å²) in [6.45, 7) is 0. The molecule has 23 heavy (non-hydrogen) atoms. The number of H-pyrrole nitrogens is 1. The molecule has 3 aromatic rings. The molecular weight excluding hydrogens is 318 g/mol. The smallest absolute Gasteiger partial charge is 0.296 e. The molecule has 3 rings (SSSR count). The molecule has 6 nitrogen and oxygen atoms in total. The molecule has 7 heteroatoms. The molecule has 0 aliphatic heterocycles. The summed E-state index contributed by atoms with van der Waals surface area (Å²) in [7, 11) is 0. The SMILES string of the molecule is O=[NH+]c1cc(NC(=O)C(=O)c2c[nH]c3ccccc23)ccc1Cl. The summed E-state index contributed by atoms with van der Waals surface area (Å²) in [5.74, 6) is -1.47. The van der Waals surface area contributed by atoms with Gasteiger partial charge in [-0.15, -0.1) is 0 Å². The van der Waals surface area contributed by atoms with E-state index in [-0.39, 0.29) is 16.3 Å². The van der Waals surface area contributed by atoms with E-state index >= 15 is 0 Å². The summed E-state index contributed by atoms with van der Waals surface area (Å²) in [6.07, 6.45) is 1.50. The van der Waals surface area contributed by atoms with Crippen LogP contribution < -0.4 is 10.5 Å². The Morgan fingerprint density at radius 2 is 1.91 bits per heavy atom. The summed E-state index contributed by atoms with van der Waals surface area (Å²) in [5, 5.41) is 5.02. The minimum absolute atomic E-state index is 0.115. The number of carbonyl (C=O) groups is 2. The number of ketones is 1. The van der Waals surface area contributed by atoms with Gasteiger partial charge in [-0.3, -0.25) is 9.59 Å². The highest BCUT2D eigenvalue weighted by Crippen LogP contribution is 2.22. The summed E-state index contributed by atoms with van der Waals surface area (Å²) in [6, 6.07) is 11.5. The van der Waals surface area contributed by atoms with E-state index < -0.39 is 11.7 Å². The number of hydrogen-bond acceptors (Lipinski definition) is 3. The van der Waals surface area contributed by atoms with E-state index in [0.29, 0.717) is 11.1 Å². The number of halogens is 1. The van der Waals surface area contributed by atoms with Crippen LogP contribution in [0.2, 0.25) is 5.02 Å². The van der Waals surface area contributed by atoms with Crippen molar-refractivity contribution < 1.29 is 14.8 Å². The number of aromatic nitrogens is 1. The molecule has 0 aliphatic rings. The number of aromatic amines is 1. The fourth-order valence-corrected chi connectivity index (χ4v) is 2.41. The number of rotatable bonds is 4. The number of nitrogens with one attached hydrogen (secondary N) is 3. The number of para-hydroxylation sites is 1. The lowest BCUT2D eigenvalue weighted by atomic mass is 10.1. The highest BCUT2D eigenvalue weighted by molar-refractivity contribution is 6.48. The van der Waals surface area contributed by atoms with Gasteiger partial charge in [-0.2, -0.15) is 0 Å². The van der Waals surface area contributed by atoms with Crippen molar-refractivity contribution in [3.05, 3.63) is 64.2 Å². The molecule has 0 aliphatic carbocycles. The summed E-state index contributed by atoms with van der Waals surface area (Å²) in [5.41, 5.74) is 1.47. The number of anilines is 1. The van der Waals surface area contributed by atoms with Crippen LogP contribution >= 0.6 is 11.6 Å². The van der Waals surface area contributed by atoms with Gasteiger partial charge in [-0.1, -0.05) is 29.8 Å². The number of Topliss-reactive ketones (excluding diaryl/α,β-unsaturated/α-hetero) is 1. The van der Waals surface area contributed by atoms with E-state index in [1.807, 2.05) is 12.1 Å². The standard InChI is InChI=1S/C16H10ClN3O3/c17-12-6-5-9(7-14(12)20-23)19-16(22)15(21)11-8-18-13-4-2-1-3-10(11)13/h1-8,18H,(H,19,22)/p+1. The van der Waals surface area contributed by atoms with Crippen molar-refractivity contribution in [1.82, 2.24) is 4.98 Å². The molecule has 1 heterocycles. The van der Waals surface area contributed by atoms with Crippen LogP contribution in [-0.2, 0) is 4.79 Å². The highest BCUT2D eigenvalue weighted by Gasteiger charge is 2.20. The minimum atomic E-state index is -0.797. The predicted octanol–water partition coefficient (Wildman–Crippen LogP) is 2.12. The van der Waals surface area contributed by atoms with Crippen molar-refractivity contribution in [1.29, 1.82) is 0 Å². The van der Waals surface area contributed by atoms with Crippen molar-refractivity contribution in [3.8, 4) is 0 Å². The number of fused-ring (bicyclic) bond motifs is 1. The molecule has 3 N–H and O–H groups in total. The quantitative estimate of drug-likeness (QED) is 0.506. The Labute approximate surface area is 135 Å². The lowest BCUT2D eigenvalue weighted by Crippen LogP contribution is -2.55. The molecule has 0 spiro atoms. The first-order valence-electron chi connectivity index (χ1n) is 6.69. The first-order valence-corrected chi connectivity index (χ1v) is 7.07. The summed E-state index contributed by atoms with van der Waals surface area (Å²) >= 11 is 5.80. The second-order valence-corrected chi connectivity index (χ2v) is 5.24. The van der Waals surface area contributed by atoms with Crippen LogP contribution in [0.1, 0.15) is 10.4 Å². The van der Waals surface area contributed by atoms with Crippen LogP contribution in [0, 0.1) is 4.91 Å². The number of hydrogen-bond donors (Lipinski definition) is 3. The molecule has 0 atom stereocenters. The van der Waals surface area contributed by atoms with E-state index in [9.17, 15) is 14.5 Å². The molecule has 0 bridgehead atoms. The zero-order valence-electron chi connectivity index (χ0n) is 11.7. The summed E-state index contributed by atoms with van der Waals surface area (Å²) < 4.78 is 0. The van der Waals surface area contributed by atoms with Gasteiger partial charge in [0.25, 0.3) is 17.4 Å². The van der Waals surface area contributed by atoms with Crippen molar-refractivity contribution in [2.24, 2.45) is 0 Å². The van der Waals surface area contributed by atoms with Gasteiger partial charge in [0, 0.05) is 38.9 Å². The van der Waals surface area contributed by atoms with Gasteiger partial charge in [0.15, 0.2) is 0 Å². The van der Waals surface area contributed by atoms with E-state index in [2.05, 4.69) is 10.3 Å². The number of nitroso groups, excluding NO2 is 1. The largest absolute Gasteiger partial charge is 0.360 e. The number of amides is 1.